The fraction of sp³-hybridized carbons (Fsp3) is 0.300. The number of hydrogen-bond donors (Lipinski definition) is 1. The molecule has 1 unspecified atom stereocenters. The normalized spacial score (nSPS) is 12.1. The minimum Gasteiger partial charge on any atom is -0.483 e. The van der Waals surface area contributed by atoms with Gasteiger partial charge in [0.05, 0.1) is 0 Å². The summed E-state index contributed by atoms with van der Waals surface area (Å²) in [5.41, 5.74) is 8.77. The molecule has 5 nitrogen and oxygen atoms in total. The summed E-state index contributed by atoms with van der Waals surface area (Å²) in [5, 5.41) is 4.03. The van der Waals surface area contributed by atoms with Gasteiger partial charge in [0.1, 0.15) is 5.75 Å². The van der Waals surface area contributed by atoms with Crippen LogP contribution in [0.3, 0.4) is 0 Å². The van der Waals surface area contributed by atoms with E-state index >= 15 is 0 Å². The minimum atomic E-state index is 0.251. The molecule has 25 heavy (non-hydrogen) atoms. The van der Waals surface area contributed by atoms with Crippen LogP contribution >= 0.6 is 0 Å². The molecular weight excluding hydrogens is 314 g/mol. The van der Waals surface area contributed by atoms with Gasteiger partial charge in [-0.2, -0.15) is 4.98 Å². The number of para-hydroxylation sites is 1. The number of benzene rings is 2. The van der Waals surface area contributed by atoms with Crippen LogP contribution in [-0.2, 0) is 13.2 Å². The van der Waals surface area contributed by atoms with E-state index in [0.29, 0.717) is 24.2 Å². The Morgan fingerprint density at radius 2 is 1.88 bits per heavy atom. The highest BCUT2D eigenvalue weighted by Crippen LogP contribution is 2.29. The van der Waals surface area contributed by atoms with Gasteiger partial charge in [-0.05, 0) is 29.5 Å². The van der Waals surface area contributed by atoms with Crippen molar-refractivity contribution >= 4 is 0 Å². The molecule has 5 heteroatoms. The van der Waals surface area contributed by atoms with Gasteiger partial charge in [0.15, 0.2) is 6.61 Å². The third-order valence-corrected chi connectivity index (χ3v) is 4.33. The van der Waals surface area contributed by atoms with Crippen molar-refractivity contribution in [2.75, 3.05) is 0 Å². The van der Waals surface area contributed by atoms with E-state index in [2.05, 4.69) is 30.1 Å². The van der Waals surface area contributed by atoms with E-state index < -0.39 is 0 Å². The van der Waals surface area contributed by atoms with Crippen LogP contribution in [0.15, 0.2) is 53.1 Å². The molecule has 1 atom stereocenters. The first-order valence-electron chi connectivity index (χ1n) is 8.55. The topological polar surface area (TPSA) is 74.2 Å². The lowest BCUT2D eigenvalue weighted by atomic mass is 9.98. The van der Waals surface area contributed by atoms with Crippen LogP contribution in [0.1, 0.15) is 43.2 Å². The number of aromatic nitrogens is 2. The van der Waals surface area contributed by atoms with E-state index in [1.807, 2.05) is 42.5 Å². The van der Waals surface area contributed by atoms with E-state index in [1.165, 1.54) is 5.56 Å². The van der Waals surface area contributed by atoms with Gasteiger partial charge in [-0.1, -0.05) is 61.5 Å². The molecular formula is C20H23N3O2. The summed E-state index contributed by atoms with van der Waals surface area (Å²) in [4.78, 5) is 4.41. The van der Waals surface area contributed by atoms with Crippen LogP contribution in [0.25, 0.3) is 11.4 Å². The molecule has 0 saturated heterocycles. The minimum absolute atomic E-state index is 0.251. The summed E-state index contributed by atoms with van der Waals surface area (Å²) in [6.45, 7) is 5.13. The Labute approximate surface area is 147 Å². The highest BCUT2D eigenvalue weighted by atomic mass is 16.5. The van der Waals surface area contributed by atoms with Gasteiger partial charge in [-0.3, -0.25) is 0 Å². The zero-order chi connectivity index (χ0) is 17.6. The second-order valence-corrected chi connectivity index (χ2v) is 6.05. The van der Waals surface area contributed by atoms with Crippen molar-refractivity contribution in [3.8, 4) is 17.1 Å². The summed E-state index contributed by atoms with van der Waals surface area (Å²) >= 11 is 0. The predicted molar refractivity (Wildman–Crippen MR) is 97.1 cm³/mol. The summed E-state index contributed by atoms with van der Waals surface area (Å²) in [5.74, 6) is 2.31. The molecule has 1 aromatic heterocycles. The van der Waals surface area contributed by atoms with Crippen LogP contribution in [0.2, 0.25) is 0 Å². The van der Waals surface area contributed by atoms with Crippen molar-refractivity contribution in [1.29, 1.82) is 0 Å². The second kappa shape index (κ2) is 7.94. The molecule has 1 heterocycles. The molecule has 2 N–H and O–H groups in total. The molecule has 130 valence electrons. The maximum atomic E-state index is 5.92. The molecule has 2 aromatic carbocycles. The number of nitrogens with zero attached hydrogens (tertiary/aromatic N) is 2. The molecule has 3 aromatic rings. The Bertz CT molecular complexity index is 812. The fourth-order valence-electron chi connectivity index (χ4n) is 2.60. The maximum Gasteiger partial charge on any atom is 0.264 e. The second-order valence-electron chi connectivity index (χ2n) is 6.05. The Morgan fingerprint density at radius 1 is 1.12 bits per heavy atom. The lowest BCUT2D eigenvalue weighted by Crippen LogP contribution is -2.01. The van der Waals surface area contributed by atoms with Crippen molar-refractivity contribution in [3.05, 3.63) is 65.5 Å². The van der Waals surface area contributed by atoms with E-state index in [0.717, 1.165) is 23.3 Å². The third kappa shape index (κ3) is 4.06. The van der Waals surface area contributed by atoms with Gasteiger partial charge in [0, 0.05) is 12.1 Å². The van der Waals surface area contributed by atoms with Crippen molar-refractivity contribution in [2.24, 2.45) is 5.73 Å². The molecule has 0 bridgehead atoms. The Morgan fingerprint density at radius 3 is 2.60 bits per heavy atom. The number of hydrogen-bond acceptors (Lipinski definition) is 5. The van der Waals surface area contributed by atoms with Crippen molar-refractivity contribution in [3.63, 3.8) is 0 Å². The van der Waals surface area contributed by atoms with Crippen molar-refractivity contribution in [2.45, 2.75) is 39.3 Å². The largest absolute Gasteiger partial charge is 0.483 e. The molecule has 3 rings (SSSR count). The number of rotatable bonds is 7. The monoisotopic (exact) mass is 337 g/mol. The first-order valence-corrected chi connectivity index (χ1v) is 8.55. The SMILES string of the molecule is CCC(C)c1ccccc1OCc1nc(-c2ccc(CN)cc2)no1. The number of ether oxygens (including phenoxy) is 1. The van der Waals surface area contributed by atoms with Gasteiger partial charge in [0.25, 0.3) is 5.89 Å². The maximum absolute atomic E-state index is 5.92. The average Bonchev–Trinajstić information content (AvgIpc) is 3.15. The molecule has 0 saturated carbocycles. The highest BCUT2D eigenvalue weighted by Gasteiger charge is 2.12. The standard InChI is InChI=1S/C20H23N3O2/c1-3-14(2)17-6-4-5-7-18(17)24-13-19-22-20(23-25-19)16-10-8-15(12-21)9-11-16/h4-11,14H,3,12-13,21H2,1-2H3. The summed E-state index contributed by atoms with van der Waals surface area (Å²) in [6.07, 6.45) is 1.06. The van der Waals surface area contributed by atoms with E-state index in [9.17, 15) is 0 Å². The average molecular weight is 337 g/mol. The lowest BCUT2D eigenvalue weighted by Gasteiger charge is -2.14. The zero-order valence-corrected chi connectivity index (χ0v) is 14.6. The summed E-state index contributed by atoms with van der Waals surface area (Å²) in [7, 11) is 0. The van der Waals surface area contributed by atoms with Crippen LogP contribution < -0.4 is 10.5 Å². The van der Waals surface area contributed by atoms with Crippen LogP contribution in [-0.4, -0.2) is 10.1 Å². The first kappa shape index (κ1) is 17.2. The molecule has 0 radical (unpaired) electrons. The van der Waals surface area contributed by atoms with Crippen LogP contribution in [0.5, 0.6) is 5.75 Å². The summed E-state index contributed by atoms with van der Waals surface area (Å²) in [6, 6.07) is 15.9. The van der Waals surface area contributed by atoms with E-state index in [1.54, 1.807) is 0 Å². The predicted octanol–water partition coefficient (Wildman–Crippen LogP) is 4.29. The molecule has 0 fully saturated rings. The first-order chi connectivity index (χ1) is 12.2. The van der Waals surface area contributed by atoms with Gasteiger partial charge in [-0.25, -0.2) is 0 Å². The molecule has 0 aliphatic carbocycles. The Balaban J connectivity index is 1.70. The fourth-order valence-corrected chi connectivity index (χ4v) is 2.60. The molecule has 0 aliphatic rings. The van der Waals surface area contributed by atoms with Gasteiger partial charge >= 0.3 is 0 Å². The smallest absolute Gasteiger partial charge is 0.264 e. The Kier molecular flexibility index (Phi) is 5.46. The Hall–Kier alpha value is -2.66. The number of nitrogens with two attached hydrogens (primary N) is 1. The van der Waals surface area contributed by atoms with Crippen LogP contribution in [0.4, 0.5) is 0 Å². The molecule has 0 spiro atoms. The van der Waals surface area contributed by atoms with Crippen molar-refractivity contribution < 1.29 is 9.26 Å². The molecule has 0 amide bonds. The quantitative estimate of drug-likeness (QED) is 0.696. The van der Waals surface area contributed by atoms with Crippen LogP contribution in [0, 0.1) is 0 Å². The third-order valence-electron chi connectivity index (χ3n) is 4.33. The van der Waals surface area contributed by atoms with Gasteiger partial charge in [-0.15, -0.1) is 0 Å². The lowest BCUT2D eigenvalue weighted by molar-refractivity contribution is 0.240. The van der Waals surface area contributed by atoms with Gasteiger partial charge in [0.2, 0.25) is 5.82 Å². The van der Waals surface area contributed by atoms with Crippen molar-refractivity contribution in [1.82, 2.24) is 10.1 Å². The van der Waals surface area contributed by atoms with Gasteiger partial charge < -0.3 is 15.0 Å². The molecule has 0 aliphatic heterocycles. The van der Waals surface area contributed by atoms with E-state index in [4.69, 9.17) is 15.0 Å². The summed E-state index contributed by atoms with van der Waals surface area (Å²) < 4.78 is 11.2. The zero-order valence-electron chi connectivity index (χ0n) is 14.6. The highest BCUT2D eigenvalue weighted by molar-refractivity contribution is 5.54. The van der Waals surface area contributed by atoms with E-state index in [-0.39, 0.29) is 6.61 Å².